The second-order valence-electron chi connectivity index (χ2n) is 5.14. The summed E-state index contributed by atoms with van der Waals surface area (Å²) in [4.78, 5) is 0. The number of rotatable bonds is 6. The summed E-state index contributed by atoms with van der Waals surface area (Å²) in [6.45, 7) is 0.939. The molecule has 2 atom stereocenters. The molecule has 1 N–H and O–H groups in total. The van der Waals surface area contributed by atoms with E-state index < -0.39 is 15.9 Å². The molecule has 1 saturated heterocycles. The van der Waals surface area contributed by atoms with Gasteiger partial charge < -0.3 is 14.6 Å². The first kappa shape index (κ1) is 16.7. The minimum absolute atomic E-state index is 0.0534. The van der Waals surface area contributed by atoms with Crippen molar-refractivity contribution in [3.8, 4) is 5.75 Å². The monoisotopic (exact) mass is 378 g/mol. The fourth-order valence-corrected chi connectivity index (χ4v) is 4.74. The van der Waals surface area contributed by atoms with Gasteiger partial charge in [-0.1, -0.05) is 6.07 Å². The summed E-state index contributed by atoms with van der Waals surface area (Å²) in [6.07, 6.45) is -0.265. The molecule has 1 heterocycles. The summed E-state index contributed by atoms with van der Waals surface area (Å²) in [5.74, 6) is 0.649. The molecule has 21 heavy (non-hydrogen) atoms. The summed E-state index contributed by atoms with van der Waals surface area (Å²) in [5.41, 5.74) is 0.697. The highest BCUT2D eigenvalue weighted by Crippen LogP contribution is 2.34. The fourth-order valence-electron chi connectivity index (χ4n) is 2.40. The minimum Gasteiger partial charge on any atom is -0.490 e. The van der Waals surface area contributed by atoms with Gasteiger partial charge in [0.1, 0.15) is 12.4 Å². The van der Waals surface area contributed by atoms with Crippen molar-refractivity contribution in [1.82, 2.24) is 0 Å². The molecule has 5 nitrogen and oxygen atoms in total. The number of hydrogen-bond donors (Lipinski definition) is 1. The first-order valence-corrected chi connectivity index (χ1v) is 9.34. The molecule has 118 valence electrons. The van der Waals surface area contributed by atoms with Gasteiger partial charge in [0, 0.05) is 13.0 Å². The molecule has 1 aliphatic heterocycles. The van der Waals surface area contributed by atoms with E-state index in [0.29, 0.717) is 30.9 Å². The number of sulfone groups is 1. The number of hydrogen-bond acceptors (Lipinski definition) is 5. The quantitative estimate of drug-likeness (QED) is 0.765. The molecule has 1 aromatic carbocycles. The Morgan fingerprint density at radius 1 is 1.43 bits per heavy atom. The lowest BCUT2D eigenvalue weighted by molar-refractivity contribution is 0.120. The van der Waals surface area contributed by atoms with Crippen LogP contribution in [0.25, 0.3) is 0 Å². The normalized spacial score (nSPS) is 22.1. The van der Waals surface area contributed by atoms with Gasteiger partial charge in [-0.3, -0.25) is 0 Å². The first-order valence-electron chi connectivity index (χ1n) is 6.72. The smallest absolute Gasteiger partial charge is 0.150 e. The molecule has 0 bridgehead atoms. The van der Waals surface area contributed by atoms with E-state index in [2.05, 4.69) is 15.9 Å². The van der Waals surface area contributed by atoms with Crippen LogP contribution in [0.4, 0.5) is 0 Å². The summed E-state index contributed by atoms with van der Waals surface area (Å²) in [7, 11) is -1.39. The van der Waals surface area contributed by atoms with E-state index in [1.807, 2.05) is 0 Å². The van der Waals surface area contributed by atoms with Gasteiger partial charge in [0.2, 0.25) is 0 Å². The highest BCUT2D eigenvalue weighted by Gasteiger charge is 2.33. The van der Waals surface area contributed by atoms with Crippen molar-refractivity contribution >= 4 is 25.8 Å². The Morgan fingerprint density at radius 3 is 2.76 bits per heavy atom. The Hall–Kier alpha value is -0.630. The second kappa shape index (κ2) is 7.09. The topological polar surface area (TPSA) is 72.8 Å². The molecule has 1 fully saturated rings. The van der Waals surface area contributed by atoms with E-state index in [1.165, 1.54) is 0 Å². The van der Waals surface area contributed by atoms with Crippen LogP contribution in [0.5, 0.6) is 5.75 Å². The maximum atomic E-state index is 11.5. The molecule has 2 unspecified atom stereocenters. The highest BCUT2D eigenvalue weighted by molar-refractivity contribution is 9.10. The van der Waals surface area contributed by atoms with Gasteiger partial charge in [0.15, 0.2) is 9.84 Å². The summed E-state index contributed by atoms with van der Waals surface area (Å²) >= 11 is 3.40. The maximum absolute atomic E-state index is 11.5. The number of benzene rings is 1. The highest BCUT2D eigenvalue weighted by atomic mass is 79.9. The zero-order chi connectivity index (χ0) is 15.5. The largest absolute Gasteiger partial charge is 0.490 e. The fraction of sp³-hybridized carbons (Fsp3) is 0.571. The van der Waals surface area contributed by atoms with E-state index in [0.717, 1.165) is 4.47 Å². The minimum atomic E-state index is -2.99. The Balaban J connectivity index is 2.05. The van der Waals surface area contributed by atoms with Crippen molar-refractivity contribution in [2.24, 2.45) is 5.92 Å². The van der Waals surface area contributed by atoms with Crippen LogP contribution >= 0.6 is 15.9 Å². The average Bonchev–Trinajstić information content (AvgIpc) is 2.80. The zero-order valence-electron chi connectivity index (χ0n) is 11.8. The van der Waals surface area contributed by atoms with E-state index in [1.54, 1.807) is 25.3 Å². The Morgan fingerprint density at radius 2 is 2.19 bits per heavy atom. The lowest BCUT2D eigenvalue weighted by atomic mass is 9.95. The molecule has 0 spiro atoms. The maximum Gasteiger partial charge on any atom is 0.150 e. The molecule has 0 aromatic heterocycles. The number of methoxy groups -OCH3 is 1. The van der Waals surface area contributed by atoms with E-state index in [4.69, 9.17) is 9.47 Å². The van der Waals surface area contributed by atoms with Crippen LogP contribution in [0, 0.1) is 5.92 Å². The van der Waals surface area contributed by atoms with Crippen molar-refractivity contribution in [3.63, 3.8) is 0 Å². The number of aliphatic hydroxyl groups excluding tert-OH is 1. The van der Waals surface area contributed by atoms with Gasteiger partial charge in [0.25, 0.3) is 0 Å². The summed E-state index contributed by atoms with van der Waals surface area (Å²) in [5, 5.41) is 10.3. The van der Waals surface area contributed by atoms with Gasteiger partial charge >= 0.3 is 0 Å². The Kier molecular flexibility index (Phi) is 5.65. The standard InChI is InChI=1S/C14H19BrO5S/c1-19-5-6-20-13-3-2-10(8-12(13)15)14(16)11-4-7-21(17,18)9-11/h2-3,8,11,14,16H,4-7,9H2,1H3. The van der Waals surface area contributed by atoms with Crippen LogP contribution in [0.2, 0.25) is 0 Å². The van der Waals surface area contributed by atoms with Crippen molar-refractivity contribution in [3.05, 3.63) is 28.2 Å². The summed E-state index contributed by atoms with van der Waals surface area (Å²) in [6, 6.07) is 5.31. The molecule has 1 aliphatic rings. The van der Waals surface area contributed by atoms with Crippen molar-refractivity contribution in [2.75, 3.05) is 31.8 Å². The number of halogens is 1. The molecular weight excluding hydrogens is 360 g/mol. The average molecular weight is 379 g/mol. The predicted molar refractivity (Wildman–Crippen MR) is 83.2 cm³/mol. The molecule has 0 saturated carbocycles. The van der Waals surface area contributed by atoms with Crippen LogP contribution < -0.4 is 4.74 Å². The molecule has 0 aliphatic carbocycles. The van der Waals surface area contributed by atoms with Gasteiger partial charge in [-0.05, 0) is 40.0 Å². The van der Waals surface area contributed by atoms with Crippen LogP contribution in [-0.4, -0.2) is 45.4 Å². The molecular formula is C14H19BrO5S. The number of aliphatic hydroxyl groups is 1. The SMILES string of the molecule is COCCOc1ccc(C(O)C2CCS(=O)(=O)C2)cc1Br. The van der Waals surface area contributed by atoms with Gasteiger partial charge in [0.05, 0.1) is 28.7 Å². The molecule has 2 rings (SSSR count). The first-order chi connectivity index (χ1) is 9.93. The van der Waals surface area contributed by atoms with E-state index >= 15 is 0 Å². The van der Waals surface area contributed by atoms with Crippen molar-refractivity contribution in [1.29, 1.82) is 0 Å². The van der Waals surface area contributed by atoms with Gasteiger partial charge in [-0.2, -0.15) is 0 Å². The zero-order valence-corrected chi connectivity index (χ0v) is 14.2. The van der Waals surface area contributed by atoms with Crippen molar-refractivity contribution < 1.29 is 23.0 Å². The Labute approximate surface area is 133 Å². The molecule has 7 heteroatoms. The van der Waals surface area contributed by atoms with E-state index in [-0.39, 0.29) is 17.4 Å². The molecule has 0 amide bonds. The van der Waals surface area contributed by atoms with Crippen LogP contribution in [0.3, 0.4) is 0 Å². The third-order valence-corrected chi connectivity index (χ3v) is 5.97. The van der Waals surface area contributed by atoms with E-state index in [9.17, 15) is 13.5 Å². The molecule has 0 radical (unpaired) electrons. The Bertz CT molecular complexity index is 587. The summed E-state index contributed by atoms with van der Waals surface area (Å²) < 4.78 is 34.2. The van der Waals surface area contributed by atoms with Gasteiger partial charge in [-0.15, -0.1) is 0 Å². The third kappa shape index (κ3) is 4.42. The lowest BCUT2D eigenvalue weighted by Crippen LogP contribution is -2.14. The lowest BCUT2D eigenvalue weighted by Gasteiger charge is -2.18. The predicted octanol–water partition coefficient (Wildman–Crippen LogP) is 1.94. The van der Waals surface area contributed by atoms with Gasteiger partial charge in [-0.25, -0.2) is 8.42 Å². The van der Waals surface area contributed by atoms with Crippen molar-refractivity contribution in [2.45, 2.75) is 12.5 Å². The molecule has 1 aromatic rings. The van der Waals surface area contributed by atoms with Crippen LogP contribution in [0.15, 0.2) is 22.7 Å². The van der Waals surface area contributed by atoms with Crippen LogP contribution in [-0.2, 0) is 14.6 Å². The number of ether oxygens (including phenoxy) is 2. The third-order valence-electron chi connectivity index (χ3n) is 3.56. The van der Waals surface area contributed by atoms with Crippen LogP contribution in [0.1, 0.15) is 18.1 Å². The second-order valence-corrected chi connectivity index (χ2v) is 8.22.